The minimum atomic E-state index is -0.316. The summed E-state index contributed by atoms with van der Waals surface area (Å²) in [7, 11) is 0. The molecule has 3 heteroatoms. The first kappa shape index (κ1) is 12.1. The van der Waals surface area contributed by atoms with E-state index in [0.29, 0.717) is 22.9 Å². The van der Waals surface area contributed by atoms with Crippen molar-refractivity contribution in [2.45, 2.75) is 46.0 Å². The molecule has 0 aliphatic carbocycles. The van der Waals surface area contributed by atoms with Gasteiger partial charge in [0.1, 0.15) is 5.52 Å². The average Bonchev–Trinajstić information content (AvgIpc) is 2.62. The number of oxazole rings is 1. The maximum atomic E-state index is 13.7. The molecule has 2 rings (SSSR count). The lowest BCUT2D eigenvalue weighted by Gasteiger charge is -2.12. The van der Waals surface area contributed by atoms with Gasteiger partial charge in [0.2, 0.25) is 5.89 Å². The van der Waals surface area contributed by atoms with Crippen molar-refractivity contribution in [2.24, 2.45) is 0 Å². The number of aromatic nitrogens is 1. The van der Waals surface area contributed by atoms with Crippen LogP contribution < -0.4 is 0 Å². The zero-order valence-corrected chi connectivity index (χ0v) is 11.0. The molecule has 0 aliphatic heterocycles. The summed E-state index contributed by atoms with van der Waals surface area (Å²) in [5.74, 6) is 0.557. The molecule has 0 atom stereocenters. The SMILES string of the molecule is CC(C)c1ccc(F)c2nc(C(C)(C)C)oc12. The molecule has 92 valence electrons. The van der Waals surface area contributed by atoms with E-state index in [4.69, 9.17) is 4.42 Å². The largest absolute Gasteiger partial charge is 0.440 e. The van der Waals surface area contributed by atoms with Crippen LogP contribution in [0.5, 0.6) is 0 Å². The summed E-state index contributed by atoms with van der Waals surface area (Å²) in [6, 6.07) is 3.24. The molecule has 0 saturated carbocycles. The van der Waals surface area contributed by atoms with E-state index in [-0.39, 0.29) is 11.2 Å². The van der Waals surface area contributed by atoms with E-state index in [9.17, 15) is 4.39 Å². The molecule has 2 aromatic rings. The fourth-order valence-corrected chi connectivity index (χ4v) is 1.77. The lowest BCUT2D eigenvalue weighted by Crippen LogP contribution is -2.11. The van der Waals surface area contributed by atoms with Gasteiger partial charge in [-0.05, 0) is 17.5 Å². The highest BCUT2D eigenvalue weighted by Crippen LogP contribution is 2.32. The topological polar surface area (TPSA) is 26.0 Å². The third kappa shape index (κ3) is 2.06. The lowest BCUT2D eigenvalue weighted by molar-refractivity contribution is 0.409. The van der Waals surface area contributed by atoms with Crippen LogP contribution in [0, 0.1) is 5.82 Å². The zero-order chi connectivity index (χ0) is 12.8. The second-order valence-electron chi connectivity index (χ2n) is 5.74. The van der Waals surface area contributed by atoms with E-state index in [1.54, 1.807) is 6.07 Å². The van der Waals surface area contributed by atoms with Gasteiger partial charge in [0.15, 0.2) is 11.4 Å². The summed E-state index contributed by atoms with van der Waals surface area (Å²) in [6.07, 6.45) is 0. The first-order valence-corrected chi connectivity index (χ1v) is 5.90. The van der Waals surface area contributed by atoms with Gasteiger partial charge in [0, 0.05) is 5.41 Å². The van der Waals surface area contributed by atoms with Crippen molar-refractivity contribution >= 4 is 11.1 Å². The first-order valence-electron chi connectivity index (χ1n) is 5.90. The second kappa shape index (κ2) is 3.83. The number of fused-ring (bicyclic) bond motifs is 1. The number of benzene rings is 1. The summed E-state index contributed by atoms with van der Waals surface area (Å²) in [4.78, 5) is 4.28. The van der Waals surface area contributed by atoms with E-state index in [2.05, 4.69) is 18.8 Å². The van der Waals surface area contributed by atoms with E-state index in [1.165, 1.54) is 6.07 Å². The van der Waals surface area contributed by atoms with Crippen LogP contribution in [-0.4, -0.2) is 4.98 Å². The van der Waals surface area contributed by atoms with Crippen LogP contribution in [0.2, 0.25) is 0 Å². The van der Waals surface area contributed by atoms with Crippen LogP contribution in [0.3, 0.4) is 0 Å². The predicted octanol–water partition coefficient (Wildman–Crippen LogP) is 4.39. The molecular formula is C14H18FNO. The molecule has 0 unspecified atom stereocenters. The van der Waals surface area contributed by atoms with Gasteiger partial charge in [-0.25, -0.2) is 9.37 Å². The summed E-state index contributed by atoms with van der Waals surface area (Å²) >= 11 is 0. The number of hydrogen-bond donors (Lipinski definition) is 0. The summed E-state index contributed by atoms with van der Waals surface area (Å²) in [5.41, 5.74) is 1.73. The van der Waals surface area contributed by atoms with Crippen LogP contribution in [0.4, 0.5) is 4.39 Å². The van der Waals surface area contributed by atoms with Gasteiger partial charge >= 0.3 is 0 Å². The lowest BCUT2D eigenvalue weighted by atomic mass is 9.97. The zero-order valence-electron chi connectivity index (χ0n) is 11.0. The standard InChI is InChI=1S/C14H18FNO/c1-8(2)9-6-7-10(15)11-12(9)17-13(16-11)14(3,4)5/h6-8H,1-5H3. The molecule has 0 fully saturated rings. The number of rotatable bonds is 1. The highest BCUT2D eigenvalue weighted by atomic mass is 19.1. The van der Waals surface area contributed by atoms with Gasteiger partial charge in [0.25, 0.3) is 0 Å². The van der Waals surface area contributed by atoms with Crippen molar-refractivity contribution in [1.82, 2.24) is 4.98 Å². The fourth-order valence-electron chi connectivity index (χ4n) is 1.77. The third-order valence-corrected chi connectivity index (χ3v) is 2.79. The van der Waals surface area contributed by atoms with Crippen molar-refractivity contribution in [3.8, 4) is 0 Å². The van der Waals surface area contributed by atoms with Gasteiger partial charge in [-0.2, -0.15) is 0 Å². The van der Waals surface area contributed by atoms with E-state index >= 15 is 0 Å². The number of hydrogen-bond acceptors (Lipinski definition) is 2. The number of nitrogens with zero attached hydrogens (tertiary/aromatic N) is 1. The van der Waals surface area contributed by atoms with Crippen LogP contribution in [0.25, 0.3) is 11.1 Å². The molecule has 1 heterocycles. The molecule has 0 spiro atoms. The van der Waals surface area contributed by atoms with Gasteiger partial charge in [-0.1, -0.05) is 40.7 Å². The molecule has 0 N–H and O–H groups in total. The van der Waals surface area contributed by atoms with Crippen molar-refractivity contribution in [1.29, 1.82) is 0 Å². The minimum absolute atomic E-state index is 0.209. The Morgan fingerprint density at radius 3 is 2.41 bits per heavy atom. The molecule has 17 heavy (non-hydrogen) atoms. The summed E-state index contributed by atoms with van der Waals surface area (Å²) < 4.78 is 19.5. The summed E-state index contributed by atoms with van der Waals surface area (Å²) in [6.45, 7) is 10.1. The van der Waals surface area contributed by atoms with Gasteiger partial charge in [-0.15, -0.1) is 0 Å². The van der Waals surface area contributed by atoms with E-state index in [0.717, 1.165) is 5.56 Å². The van der Waals surface area contributed by atoms with Gasteiger partial charge in [-0.3, -0.25) is 0 Å². The Morgan fingerprint density at radius 1 is 1.24 bits per heavy atom. The molecule has 1 aromatic heterocycles. The minimum Gasteiger partial charge on any atom is -0.440 e. The molecule has 2 nitrogen and oxygen atoms in total. The van der Waals surface area contributed by atoms with Gasteiger partial charge < -0.3 is 4.42 Å². The molecular weight excluding hydrogens is 217 g/mol. The highest BCUT2D eigenvalue weighted by molar-refractivity contribution is 5.77. The van der Waals surface area contributed by atoms with E-state index in [1.807, 2.05) is 20.8 Å². The van der Waals surface area contributed by atoms with Crippen LogP contribution in [-0.2, 0) is 5.41 Å². The normalized spacial score (nSPS) is 12.6. The Hall–Kier alpha value is -1.38. The first-order chi connectivity index (χ1) is 7.80. The molecule has 0 bridgehead atoms. The van der Waals surface area contributed by atoms with Crippen molar-refractivity contribution in [2.75, 3.05) is 0 Å². The van der Waals surface area contributed by atoms with Crippen LogP contribution in [0.1, 0.15) is 52.0 Å². The van der Waals surface area contributed by atoms with Crippen molar-refractivity contribution in [3.63, 3.8) is 0 Å². The third-order valence-electron chi connectivity index (χ3n) is 2.79. The molecule has 0 saturated heterocycles. The second-order valence-corrected chi connectivity index (χ2v) is 5.74. The Bertz CT molecular complexity index is 549. The van der Waals surface area contributed by atoms with Crippen LogP contribution in [0.15, 0.2) is 16.5 Å². The Labute approximate surface area is 101 Å². The predicted molar refractivity (Wildman–Crippen MR) is 66.8 cm³/mol. The highest BCUT2D eigenvalue weighted by Gasteiger charge is 2.23. The average molecular weight is 235 g/mol. The Morgan fingerprint density at radius 2 is 1.88 bits per heavy atom. The molecule has 0 aliphatic rings. The van der Waals surface area contributed by atoms with E-state index < -0.39 is 0 Å². The molecule has 0 radical (unpaired) electrons. The maximum absolute atomic E-state index is 13.7. The smallest absolute Gasteiger partial charge is 0.200 e. The molecule has 1 aromatic carbocycles. The number of halogens is 1. The van der Waals surface area contributed by atoms with Crippen molar-refractivity contribution < 1.29 is 8.81 Å². The van der Waals surface area contributed by atoms with Crippen molar-refractivity contribution in [3.05, 3.63) is 29.4 Å². The Balaban J connectivity index is 2.74. The van der Waals surface area contributed by atoms with Crippen LogP contribution >= 0.6 is 0 Å². The Kier molecular flexibility index (Phi) is 2.72. The monoisotopic (exact) mass is 235 g/mol. The maximum Gasteiger partial charge on any atom is 0.200 e. The fraction of sp³-hybridized carbons (Fsp3) is 0.500. The van der Waals surface area contributed by atoms with Gasteiger partial charge in [0.05, 0.1) is 0 Å². The summed E-state index contributed by atoms with van der Waals surface area (Å²) in [5, 5.41) is 0. The molecule has 0 amide bonds. The quantitative estimate of drug-likeness (QED) is 0.732.